The number of halogens is 3. The molecule has 3 aromatic carbocycles. The minimum absolute atomic E-state index is 0.0614. The highest BCUT2D eigenvalue weighted by Gasteiger charge is 2.41. The molecule has 1 aliphatic heterocycles. The minimum atomic E-state index is -0.922. The van der Waals surface area contributed by atoms with Gasteiger partial charge in [0, 0.05) is 11.8 Å². The lowest BCUT2D eigenvalue weighted by molar-refractivity contribution is -0.120. The Morgan fingerprint density at radius 2 is 1.45 bits per heavy atom. The number of imide groups is 1. The van der Waals surface area contributed by atoms with Crippen molar-refractivity contribution in [3.05, 3.63) is 101 Å². The van der Waals surface area contributed by atoms with Gasteiger partial charge in [-0.1, -0.05) is 29.8 Å². The van der Waals surface area contributed by atoms with E-state index in [1.54, 1.807) is 6.07 Å². The second-order valence-electron chi connectivity index (χ2n) is 7.24. The molecule has 0 saturated carbocycles. The first kappa shape index (κ1) is 20.4. The van der Waals surface area contributed by atoms with Gasteiger partial charge in [0.25, 0.3) is 11.8 Å². The second-order valence-corrected chi connectivity index (χ2v) is 7.24. The molecule has 0 spiro atoms. The zero-order chi connectivity index (χ0) is 22.3. The van der Waals surface area contributed by atoms with Crippen LogP contribution < -0.4 is 10.2 Å². The Hall–Kier alpha value is -3.87. The Morgan fingerprint density at radius 3 is 2.13 bits per heavy atom. The summed E-state index contributed by atoms with van der Waals surface area (Å²) < 4.78 is 41.6. The van der Waals surface area contributed by atoms with Crippen molar-refractivity contribution >= 4 is 28.8 Å². The van der Waals surface area contributed by atoms with Gasteiger partial charge in [-0.25, -0.2) is 18.1 Å². The standard InChI is InChI=1S/C24H17F3N2O2/c1-13-3-10-19(14(2)11-13)28-22-21(15-4-6-16(25)7-5-15)23(30)29(24(22)31)20-12-17(26)8-9-18(20)27/h3-12,28H,1-2H3. The summed E-state index contributed by atoms with van der Waals surface area (Å²) in [5.74, 6) is -3.91. The maximum absolute atomic E-state index is 14.4. The smallest absolute Gasteiger partial charge is 0.282 e. The third kappa shape index (κ3) is 3.70. The molecule has 156 valence electrons. The van der Waals surface area contributed by atoms with Crippen molar-refractivity contribution in [2.45, 2.75) is 13.8 Å². The summed E-state index contributed by atoms with van der Waals surface area (Å²) in [7, 11) is 0. The van der Waals surface area contributed by atoms with Gasteiger partial charge in [-0.3, -0.25) is 9.59 Å². The van der Waals surface area contributed by atoms with E-state index >= 15 is 0 Å². The van der Waals surface area contributed by atoms with Crippen molar-refractivity contribution < 1.29 is 22.8 Å². The molecule has 7 heteroatoms. The van der Waals surface area contributed by atoms with Gasteiger partial charge in [0.05, 0.1) is 11.3 Å². The molecular weight excluding hydrogens is 405 g/mol. The molecule has 0 unspecified atom stereocenters. The van der Waals surface area contributed by atoms with Gasteiger partial charge in [0.15, 0.2) is 0 Å². The number of carbonyl (C=O) groups is 2. The van der Waals surface area contributed by atoms with Crippen molar-refractivity contribution in [2.75, 3.05) is 10.2 Å². The Balaban J connectivity index is 1.87. The van der Waals surface area contributed by atoms with Crippen molar-refractivity contribution in [2.24, 2.45) is 0 Å². The molecule has 4 rings (SSSR count). The number of benzene rings is 3. The van der Waals surface area contributed by atoms with Crippen molar-refractivity contribution in [1.82, 2.24) is 0 Å². The van der Waals surface area contributed by atoms with E-state index in [-0.39, 0.29) is 16.8 Å². The zero-order valence-corrected chi connectivity index (χ0v) is 16.7. The van der Waals surface area contributed by atoms with Crippen molar-refractivity contribution in [3.63, 3.8) is 0 Å². The normalized spacial score (nSPS) is 13.9. The van der Waals surface area contributed by atoms with Gasteiger partial charge in [-0.15, -0.1) is 0 Å². The van der Waals surface area contributed by atoms with Crippen LogP contribution in [0.4, 0.5) is 24.5 Å². The molecule has 0 saturated heterocycles. The first-order valence-corrected chi connectivity index (χ1v) is 9.44. The van der Waals surface area contributed by atoms with Crippen LogP contribution >= 0.6 is 0 Å². The fourth-order valence-electron chi connectivity index (χ4n) is 3.49. The van der Waals surface area contributed by atoms with Crippen LogP contribution in [0.5, 0.6) is 0 Å². The fraction of sp³-hybridized carbons (Fsp3) is 0.0833. The molecule has 31 heavy (non-hydrogen) atoms. The topological polar surface area (TPSA) is 49.4 Å². The number of hydrogen-bond acceptors (Lipinski definition) is 3. The quantitative estimate of drug-likeness (QED) is 0.594. The van der Waals surface area contributed by atoms with E-state index in [0.29, 0.717) is 10.6 Å². The molecule has 3 aromatic rings. The predicted octanol–water partition coefficient (Wildman–Crippen LogP) is 5.12. The third-order valence-electron chi connectivity index (χ3n) is 5.01. The van der Waals surface area contributed by atoms with Gasteiger partial charge >= 0.3 is 0 Å². The van der Waals surface area contributed by atoms with Crippen LogP contribution in [-0.2, 0) is 9.59 Å². The van der Waals surface area contributed by atoms with Gasteiger partial charge < -0.3 is 5.32 Å². The number of anilines is 2. The Bertz CT molecular complexity index is 1250. The summed E-state index contributed by atoms with van der Waals surface area (Å²) in [6.07, 6.45) is 0. The molecule has 2 amide bonds. The molecule has 1 aliphatic rings. The van der Waals surface area contributed by atoms with E-state index in [4.69, 9.17) is 0 Å². The maximum atomic E-state index is 14.4. The third-order valence-corrected chi connectivity index (χ3v) is 5.01. The number of carbonyl (C=O) groups excluding carboxylic acids is 2. The van der Waals surface area contributed by atoms with E-state index in [1.807, 2.05) is 26.0 Å². The lowest BCUT2D eigenvalue weighted by atomic mass is 10.0. The number of nitrogens with one attached hydrogen (secondary N) is 1. The monoisotopic (exact) mass is 422 g/mol. The Kier molecular flexibility index (Phi) is 5.10. The molecule has 0 aliphatic carbocycles. The van der Waals surface area contributed by atoms with E-state index < -0.39 is 35.0 Å². The first-order chi connectivity index (χ1) is 14.8. The van der Waals surface area contributed by atoms with Gasteiger partial charge in [0.1, 0.15) is 23.1 Å². The highest BCUT2D eigenvalue weighted by atomic mass is 19.1. The first-order valence-electron chi connectivity index (χ1n) is 9.44. The highest BCUT2D eigenvalue weighted by molar-refractivity contribution is 6.46. The lowest BCUT2D eigenvalue weighted by Gasteiger charge is -2.16. The average Bonchev–Trinajstić information content (AvgIpc) is 2.96. The van der Waals surface area contributed by atoms with Crippen LogP contribution in [-0.4, -0.2) is 11.8 Å². The largest absolute Gasteiger partial charge is 0.350 e. The highest BCUT2D eigenvalue weighted by Crippen LogP contribution is 2.35. The van der Waals surface area contributed by atoms with Crippen LogP contribution in [0, 0.1) is 31.3 Å². The summed E-state index contributed by atoms with van der Waals surface area (Å²) in [6, 6.07) is 13.0. The minimum Gasteiger partial charge on any atom is -0.350 e. The molecule has 1 N–H and O–H groups in total. The lowest BCUT2D eigenvalue weighted by Crippen LogP contribution is -2.33. The number of hydrogen-bond donors (Lipinski definition) is 1. The second kappa shape index (κ2) is 7.75. The number of aryl methyl sites for hydroxylation is 2. The van der Waals surface area contributed by atoms with Gasteiger partial charge in [-0.2, -0.15) is 0 Å². The molecule has 0 bridgehead atoms. The van der Waals surface area contributed by atoms with Crippen LogP contribution in [0.15, 0.2) is 66.4 Å². The van der Waals surface area contributed by atoms with Gasteiger partial charge in [0.2, 0.25) is 0 Å². The van der Waals surface area contributed by atoms with E-state index in [9.17, 15) is 22.8 Å². The molecular formula is C24H17F3N2O2. The van der Waals surface area contributed by atoms with Crippen LogP contribution in [0.3, 0.4) is 0 Å². The van der Waals surface area contributed by atoms with Crippen molar-refractivity contribution in [1.29, 1.82) is 0 Å². The number of nitrogens with zero attached hydrogens (tertiary/aromatic N) is 1. The summed E-state index contributed by atoms with van der Waals surface area (Å²) in [4.78, 5) is 27.1. The van der Waals surface area contributed by atoms with Gasteiger partial charge in [-0.05, 0) is 55.3 Å². The van der Waals surface area contributed by atoms with Crippen LogP contribution in [0.1, 0.15) is 16.7 Å². The Morgan fingerprint density at radius 1 is 0.774 bits per heavy atom. The average molecular weight is 422 g/mol. The molecule has 1 heterocycles. The zero-order valence-electron chi connectivity index (χ0n) is 16.7. The maximum Gasteiger partial charge on any atom is 0.282 e. The summed E-state index contributed by atoms with van der Waals surface area (Å²) >= 11 is 0. The summed E-state index contributed by atoms with van der Waals surface area (Å²) in [5.41, 5.74) is 2.01. The van der Waals surface area contributed by atoms with Crippen molar-refractivity contribution in [3.8, 4) is 0 Å². The van der Waals surface area contributed by atoms with E-state index in [0.717, 1.165) is 41.5 Å². The van der Waals surface area contributed by atoms with E-state index in [1.165, 1.54) is 12.1 Å². The number of amides is 2. The summed E-state index contributed by atoms with van der Waals surface area (Å²) in [6.45, 7) is 3.75. The summed E-state index contributed by atoms with van der Waals surface area (Å²) in [5, 5.41) is 2.97. The molecule has 0 radical (unpaired) electrons. The molecule has 0 aromatic heterocycles. The van der Waals surface area contributed by atoms with Crippen LogP contribution in [0.2, 0.25) is 0 Å². The van der Waals surface area contributed by atoms with Crippen LogP contribution in [0.25, 0.3) is 5.57 Å². The molecule has 4 nitrogen and oxygen atoms in total. The molecule has 0 fully saturated rings. The predicted molar refractivity (Wildman–Crippen MR) is 112 cm³/mol. The molecule has 0 atom stereocenters. The SMILES string of the molecule is Cc1ccc(NC2=C(c3ccc(F)cc3)C(=O)N(c3cc(F)ccc3F)C2=O)c(C)c1. The Labute approximate surface area is 176 Å². The number of rotatable bonds is 4. The van der Waals surface area contributed by atoms with E-state index in [2.05, 4.69) is 5.32 Å². The fourth-order valence-corrected chi connectivity index (χ4v) is 3.49.